The zero-order chi connectivity index (χ0) is 20.4. The molecule has 1 heterocycles. The fraction of sp³-hybridized carbons (Fsp3) is 0.0476. The fourth-order valence-electron chi connectivity index (χ4n) is 2.84. The van der Waals surface area contributed by atoms with Crippen LogP contribution in [0, 0.1) is 10.1 Å². The first-order valence-corrected chi connectivity index (χ1v) is 8.60. The average molecular weight is 389 g/mol. The molecule has 0 amide bonds. The van der Waals surface area contributed by atoms with E-state index in [0.717, 1.165) is 5.56 Å². The third-order valence-corrected chi connectivity index (χ3v) is 4.28. The Morgan fingerprint density at radius 1 is 1.17 bits per heavy atom. The van der Waals surface area contributed by atoms with Gasteiger partial charge in [-0.3, -0.25) is 15.1 Å². The normalized spacial score (nSPS) is 11.2. The van der Waals surface area contributed by atoms with E-state index in [1.165, 1.54) is 24.4 Å². The highest BCUT2D eigenvalue weighted by molar-refractivity contribution is 5.88. The number of nitro groups is 1. The van der Waals surface area contributed by atoms with Crippen LogP contribution in [0.3, 0.4) is 0 Å². The summed E-state index contributed by atoms with van der Waals surface area (Å²) in [5.74, 6) is 0.980. The minimum Gasteiger partial charge on any atom is -0.507 e. The van der Waals surface area contributed by atoms with E-state index in [1.807, 2.05) is 24.3 Å². The molecule has 4 aromatic rings. The van der Waals surface area contributed by atoms with Crippen molar-refractivity contribution in [2.24, 2.45) is 4.99 Å². The van der Waals surface area contributed by atoms with E-state index in [0.29, 0.717) is 28.4 Å². The second-order valence-electron chi connectivity index (χ2n) is 6.13. The molecule has 0 aliphatic carbocycles. The third-order valence-electron chi connectivity index (χ3n) is 4.28. The number of ether oxygens (including phenoxy) is 1. The number of hydrogen-bond donors (Lipinski definition) is 1. The molecule has 1 N–H and O–H groups in total. The first-order valence-electron chi connectivity index (χ1n) is 8.60. The zero-order valence-electron chi connectivity index (χ0n) is 15.3. The standard InChI is InChI=1S/C21H15N3O5/c1-28-19-5-3-2-4-16(19)21-23-17-11-14(6-9-20(17)29-21)22-12-13-10-15(24(26)27)7-8-18(13)25/h2-12,25H,1H3. The minimum absolute atomic E-state index is 0.0969. The van der Waals surface area contributed by atoms with E-state index in [-0.39, 0.29) is 17.0 Å². The van der Waals surface area contributed by atoms with Gasteiger partial charge in [-0.2, -0.15) is 0 Å². The van der Waals surface area contributed by atoms with Crippen LogP contribution in [0.1, 0.15) is 5.56 Å². The van der Waals surface area contributed by atoms with Crippen LogP contribution >= 0.6 is 0 Å². The number of aliphatic imine (C=N–C) groups is 1. The number of methoxy groups -OCH3 is 1. The van der Waals surface area contributed by atoms with Crippen LogP contribution in [0.15, 0.2) is 70.1 Å². The fourth-order valence-corrected chi connectivity index (χ4v) is 2.84. The molecule has 8 heteroatoms. The molecule has 0 saturated heterocycles. The highest BCUT2D eigenvalue weighted by atomic mass is 16.6. The molecule has 144 valence electrons. The molecule has 0 fully saturated rings. The number of para-hydroxylation sites is 1. The third kappa shape index (κ3) is 3.63. The predicted molar refractivity (Wildman–Crippen MR) is 108 cm³/mol. The van der Waals surface area contributed by atoms with E-state index < -0.39 is 4.92 Å². The number of aromatic hydroxyl groups is 1. The number of fused-ring (bicyclic) bond motifs is 1. The Bertz CT molecular complexity index is 1250. The molecule has 0 unspecified atom stereocenters. The number of oxazole rings is 1. The van der Waals surface area contributed by atoms with Crippen LogP contribution in [0.2, 0.25) is 0 Å². The summed E-state index contributed by atoms with van der Waals surface area (Å²) in [7, 11) is 1.58. The SMILES string of the molecule is COc1ccccc1-c1nc2cc(N=Cc3cc([N+](=O)[O-])ccc3O)ccc2o1. The van der Waals surface area contributed by atoms with Crippen molar-refractivity contribution in [3.63, 3.8) is 0 Å². The molecule has 8 nitrogen and oxygen atoms in total. The summed E-state index contributed by atoms with van der Waals surface area (Å²) in [6, 6.07) is 16.4. The molecule has 1 aromatic heterocycles. The van der Waals surface area contributed by atoms with Crippen molar-refractivity contribution >= 4 is 28.7 Å². The summed E-state index contributed by atoms with van der Waals surface area (Å²) in [5.41, 5.74) is 2.60. The predicted octanol–water partition coefficient (Wildman–Crippen LogP) is 4.87. The number of nitrogens with zero attached hydrogens (tertiary/aromatic N) is 3. The van der Waals surface area contributed by atoms with Gasteiger partial charge < -0.3 is 14.3 Å². The number of benzene rings is 3. The maximum Gasteiger partial charge on any atom is 0.270 e. The van der Waals surface area contributed by atoms with E-state index >= 15 is 0 Å². The van der Waals surface area contributed by atoms with Gasteiger partial charge in [-0.05, 0) is 36.4 Å². The van der Waals surface area contributed by atoms with Crippen molar-refractivity contribution in [3.8, 4) is 23.0 Å². The summed E-state index contributed by atoms with van der Waals surface area (Å²) in [6.45, 7) is 0. The molecule has 0 saturated carbocycles. The van der Waals surface area contributed by atoms with Crippen molar-refractivity contribution < 1.29 is 19.2 Å². The lowest BCUT2D eigenvalue weighted by atomic mass is 10.2. The van der Waals surface area contributed by atoms with Gasteiger partial charge in [-0.1, -0.05) is 12.1 Å². The number of phenols is 1. The van der Waals surface area contributed by atoms with E-state index in [2.05, 4.69) is 9.98 Å². The molecule has 29 heavy (non-hydrogen) atoms. The van der Waals surface area contributed by atoms with Crippen LogP contribution in [-0.4, -0.2) is 28.3 Å². The summed E-state index contributed by atoms with van der Waals surface area (Å²) in [6.07, 6.45) is 1.37. The van der Waals surface area contributed by atoms with Crippen molar-refractivity contribution in [1.29, 1.82) is 0 Å². The van der Waals surface area contributed by atoms with Gasteiger partial charge in [-0.25, -0.2) is 4.98 Å². The van der Waals surface area contributed by atoms with Gasteiger partial charge in [0, 0.05) is 23.9 Å². The first-order chi connectivity index (χ1) is 14.0. The van der Waals surface area contributed by atoms with E-state index in [1.54, 1.807) is 25.3 Å². The highest BCUT2D eigenvalue weighted by Crippen LogP contribution is 2.32. The van der Waals surface area contributed by atoms with Gasteiger partial charge >= 0.3 is 0 Å². The topological polar surface area (TPSA) is 111 Å². The molecule has 3 aromatic carbocycles. The molecular formula is C21H15N3O5. The number of nitro benzene ring substituents is 1. The molecule has 0 bridgehead atoms. The van der Waals surface area contributed by atoms with Gasteiger partial charge in [0.15, 0.2) is 5.58 Å². The summed E-state index contributed by atoms with van der Waals surface area (Å²) in [5, 5.41) is 20.8. The lowest BCUT2D eigenvalue weighted by molar-refractivity contribution is -0.384. The van der Waals surface area contributed by atoms with Gasteiger partial charge in [0.05, 0.1) is 23.3 Å². The number of non-ortho nitro benzene ring substituents is 1. The second kappa shape index (κ2) is 7.43. The lowest BCUT2D eigenvalue weighted by Crippen LogP contribution is -1.90. The van der Waals surface area contributed by atoms with Crippen LogP contribution in [0.5, 0.6) is 11.5 Å². The van der Waals surface area contributed by atoms with Gasteiger partial charge in [0.1, 0.15) is 17.0 Å². The Hall–Kier alpha value is -4.20. The van der Waals surface area contributed by atoms with Gasteiger partial charge in [0.2, 0.25) is 5.89 Å². The minimum atomic E-state index is -0.530. The first kappa shape index (κ1) is 18.2. The monoisotopic (exact) mass is 389 g/mol. The summed E-state index contributed by atoms with van der Waals surface area (Å²) in [4.78, 5) is 19.2. The Balaban J connectivity index is 1.67. The Labute approximate surface area is 164 Å². The van der Waals surface area contributed by atoms with Crippen LogP contribution in [0.25, 0.3) is 22.6 Å². The number of hydrogen-bond acceptors (Lipinski definition) is 7. The Kier molecular flexibility index (Phi) is 4.66. The highest BCUT2D eigenvalue weighted by Gasteiger charge is 2.13. The molecule has 0 aliphatic heterocycles. The summed E-state index contributed by atoms with van der Waals surface area (Å²) >= 11 is 0. The maximum atomic E-state index is 10.9. The Morgan fingerprint density at radius 2 is 2.00 bits per heavy atom. The van der Waals surface area contributed by atoms with Crippen molar-refractivity contribution in [2.75, 3.05) is 7.11 Å². The summed E-state index contributed by atoms with van der Waals surface area (Å²) < 4.78 is 11.2. The van der Waals surface area contributed by atoms with Crippen LogP contribution in [0.4, 0.5) is 11.4 Å². The molecule has 0 atom stereocenters. The van der Waals surface area contributed by atoms with Gasteiger partial charge in [-0.15, -0.1) is 0 Å². The lowest BCUT2D eigenvalue weighted by Gasteiger charge is -2.03. The van der Waals surface area contributed by atoms with E-state index in [9.17, 15) is 15.2 Å². The average Bonchev–Trinajstić information content (AvgIpc) is 3.16. The van der Waals surface area contributed by atoms with Crippen LogP contribution < -0.4 is 4.74 Å². The molecule has 4 rings (SSSR count). The van der Waals surface area contributed by atoms with Crippen molar-refractivity contribution in [2.45, 2.75) is 0 Å². The van der Waals surface area contributed by atoms with E-state index in [4.69, 9.17) is 9.15 Å². The Morgan fingerprint density at radius 3 is 2.79 bits per heavy atom. The van der Waals surface area contributed by atoms with Gasteiger partial charge in [0.25, 0.3) is 5.69 Å². The van der Waals surface area contributed by atoms with Crippen molar-refractivity contribution in [1.82, 2.24) is 4.98 Å². The van der Waals surface area contributed by atoms with Crippen LogP contribution in [-0.2, 0) is 0 Å². The molecule has 0 radical (unpaired) electrons. The number of aromatic nitrogens is 1. The second-order valence-corrected chi connectivity index (χ2v) is 6.13. The smallest absolute Gasteiger partial charge is 0.270 e. The molecule has 0 aliphatic rings. The maximum absolute atomic E-state index is 10.9. The quantitative estimate of drug-likeness (QED) is 0.296. The zero-order valence-corrected chi connectivity index (χ0v) is 15.3. The van der Waals surface area contributed by atoms with Crippen molar-refractivity contribution in [3.05, 3.63) is 76.3 Å². The molecule has 0 spiro atoms. The molecular weight excluding hydrogens is 374 g/mol. The number of phenolic OH excluding ortho intramolecular Hbond substituents is 1. The number of rotatable bonds is 5. The largest absolute Gasteiger partial charge is 0.507 e.